The van der Waals surface area contributed by atoms with E-state index in [2.05, 4.69) is 5.32 Å². The first kappa shape index (κ1) is 11.7. The Morgan fingerprint density at radius 3 is 2.47 bits per heavy atom. The summed E-state index contributed by atoms with van der Waals surface area (Å²) in [5.41, 5.74) is 0.368. The molecule has 0 bridgehead atoms. The lowest BCUT2D eigenvalue weighted by atomic mass is 10.1. The van der Waals surface area contributed by atoms with Crippen LogP contribution in [0.2, 0.25) is 0 Å². The van der Waals surface area contributed by atoms with Crippen molar-refractivity contribution < 1.29 is 9.53 Å². The van der Waals surface area contributed by atoms with Gasteiger partial charge in [-0.05, 0) is 26.5 Å². The Bertz CT molecular complexity index is 320. The van der Waals surface area contributed by atoms with Crippen LogP contribution in [0.4, 0.5) is 0 Å². The molecule has 0 saturated heterocycles. The number of likely N-dealkylation sites (N-methyl/N-ethyl adjacent to an activating group) is 1. The largest absolute Gasteiger partial charge is 0.459 e. The van der Waals surface area contributed by atoms with Gasteiger partial charge in [-0.15, -0.1) is 0 Å². The number of nitrogens with one attached hydrogen (secondary N) is 1. The summed E-state index contributed by atoms with van der Waals surface area (Å²) in [6, 6.07) is 9.64. The Morgan fingerprint density at radius 1 is 1.33 bits per heavy atom. The third kappa shape index (κ3) is 3.36. The molecule has 15 heavy (non-hydrogen) atoms. The minimum absolute atomic E-state index is 0.242. The van der Waals surface area contributed by atoms with Crippen LogP contribution in [0, 0.1) is 0 Å². The van der Waals surface area contributed by atoms with Gasteiger partial charge in [-0.3, -0.25) is 4.79 Å². The smallest absolute Gasteiger partial charge is 0.326 e. The maximum absolute atomic E-state index is 11.6. The molecule has 0 saturated carbocycles. The van der Waals surface area contributed by atoms with Crippen LogP contribution in [0.1, 0.15) is 19.4 Å². The highest BCUT2D eigenvalue weighted by atomic mass is 16.5. The molecule has 1 aromatic carbocycles. The van der Waals surface area contributed by atoms with Crippen LogP contribution in [0.15, 0.2) is 30.3 Å². The fraction of sp³-hybridized carbons (Fsp3) is 0.417. The molecule has 0 aromatic heterocycles. The fourth-order valence-electron chi connectivity index (χ4n) is 1.01. The van der Waals surface area contributed by atoms with Gasteiger partial charge >= 0.3 is 5.97 Å². The van der Waals surface area contributed by atoms with Crippen molar-refractivity contribution >= 4 is 5.97 Å². The molecular weight excluding hydrogens is 190 g/mol. The maximum Gasteiger partial charge on any atom is 0.326 e. The summed E-state index contributed by atoms with van der Waals surface area (Å²) >= 11 is 0. The summed E-state index contributed by atoms with van der Waals surface area (Å²) < 4.78 is 5.18. The summed E-state index contributed by atoms with van der Waals surface area (Å²) in [6.45, 7) is 3.91. The van der Waals surface area contributed by atoms with Crippen molar-refractivity contribution in [1.82, 2.24) is 5.32 Å². The molecule has 0 unspecified atom stereocenters. The minimum Gasteiger partial charge on any atom is -0.459 e. The molecule has 1 aromatic rings. The van der Waals surface area contributed by atoms with Crippen molar-refractivity contribution in [3.8, 4) is 0 Å². The Labute approximate surface area is 90.4 Å². The first-order chi connectivity index (χ1) is 7.06. The zero-order valence-electron chi connectivity index (χ0n) is 9.41. The Balaban J connectivity index is 2.48. The van der Waals surface area contributed by atoms with Gasteiger partial charge in [0.05, 0.1) is 0 Å². The molecule has 0 amide bonds. The third-order valence-corrected chi connectivity index (χ3v) is 2.35. The first-order valence-electron chi connectivity index (χ1n) is 4.96. The monoisotopic (exact) mass is 207 g/mol. The van der Waals surface area contributed by atoms with Crippen LogP contribution in [0.5, 0.6) is 0 Å². The van der Waals surface area contributed by atoms with Crippen LogP contribution in [-0.4, -0.2) is 18.6 Å². The van der Waals surface area contributed by atoms with Crippen LogP contribution in [0.3, 0.4) is 0 Å². The normalized spacial score (nSPS) is 11.1. The molecule has 0 aliphatic heterocycles. The number of ether oxygens (including phenoxy) is 1. The van der Waals surface area contributed by atoms with Gasteiger partial charge in [-0.25, -0.2) is 0 Å². The second kappa shape index (κ2) is 4.94. The number of carbonyl (C=O) groups is 1. The lowest BCUT2D eigenvalue weighted by Gasteiger charge is -2.21. The molecular formula is C12H17NO2. The van der Waals surface area contributed by atoms with Crippen molar-refractivity contribution in [2.24, 2.45) is 0 Å². The van der Waals surface area contributed by atoms with E-state index in [0.717, 1.165) is 5.56 Å². The van der Waals surface area contributed by atoms with Crippen LogP contribution >= 0.6 is 0 Å². The van der Waals surface area contributed by atoms with Gasteiger partial charge in [-0.2, -0.15) is 0 Å². The number of carbonyl (C=O) groups excluding carboxylic acids is 1. The average Bonchev–Trinajstić information content (AvgIpc) is 2.27. The molecule has 0 atom stereocenters. The highest BCUT2D eigenvalue weighted by molar-refractivity contribution is 5.79. The number of benzene rings is 1. The molecule has 82 valence electrons. The zero-order valence-corrected chi connectivity index (χ0v) is 9.41. The summed E-state index contributed by atoms with van der Waals surface area (Å²) in [6.07, 6.45) is 0. The van der Waals surface area contributed by atoms with Gasteiger partial charge < -0.3 is 10.1 Å². The second-order valence-corrected chi connectivity index (χ2v) is 3.94. The molecule has 3 heteroatoms. The van der Waals surface area contributed by atoms with E-state index < -0.39 is 5.54 Å². The quantitative estimate of drug-likeness (QED) is 0.764. The van der Waals surface area contributed by atoms with E-state index in [4.69, 9.17) is 4.74 Å². The molecule has 1 rings (SSSR count). The van der Waals surface area contributed by atoms with Gasteiger partial charge in [0.2, 0.25) is 0 Å². The highest BCUT2D eigenvalue weighted by Gasteiger charge is 2.26. The van der Waals surface area contributed by atoms with Gasteiger partial charge in [0, 0.05) is 0 Å². The van der Waals surface area contributed by atoms with Crippen molar-refractivity contribution in [2.75, 3.05) is 7.05 Å². The second-order valence-electron chi connectivity index (χ2n) is 3.94. The number of hydrogen-bond acceptors (Lipinski definition) is 3. The Kier molecular flexibility index (Phi) is 3.86. The SMILES string of the molecule is CNC(C)(C)C(=O)OCc1ccccc1. The standard InChI is InChI=1S/C12H17NO2/c1-12(2,13-3)11(14)15-9-10-7-5-4-6-8-10/h4-8,13H,9H2,1-3H3. The van der Waals surface area contributed by atoms with Crippen molar-refractivity contribution in [3.63, 3.8) is 0 Å². The Hall–Kier alpha value is -1.35. The highest BCUT2D eigenvalue weighted by Crippen LogP contribution is 2.07. The average molecular weight is 207 g/mol. The van der Waals surface area contributed by atoms with Gasteiger partial charge in [0.1, 0.15) is 12.1 Å². The van der Waals surface area contributed by atoms with Crippen molar-refractivity contribution in [2.45, 2.75) is 26.0 Å². The maximum atomic E-state index is 11.6. The van der Waals surface area contributed by atoms with Crippen LogP contribution in [0.25, 0.3) is 0 Å². The number of esters is 1. The van der Waals surface area contributed by atoms with Crippen molar-refractivity contribution in [3.05, 3.63) is 35.9 Å². The van der Waals surface area contributed by atoms with E-state index in [1.54, 1.807) is 20.9 Å². The van der Waals surface area contributed by atoms with E-state index >= 15 is 0 Å². The molecule has 0 radical (unpaired) electrons. The van der Waals surface area contributed by atoms with E-state index in [0.29, 0.717) is 6.61 Å². The number of hydrogen-bond donors (Lipinski definition) is 1. The molecule has 1 N–H and O–H groups in total. The zero-order chi connectivity index (χ0) is 11.3. The molecule has 0 aliphatic carbocycles. The molecule has 3 nitrogen and oxygen atoms in total. The summed E-state index contributed by atoms with van der Waals surface area (Å²) in [4.78, 5) is 11.6. The first-order valence-corrected chi connectivity index (χ1v) is 4.96. The number of rotatable bonds is 4. The Morgan fingerprint density at radius 2 is 1.93 bits per heavy atom. The molecule has 0 fully saturated rings. The third-order valence-electron chi connectivity index (χ3n) is 2.35. The predicted molar refractivity (Wildman–Crippen MR) is 59.4 cm³/mol. The minimum atomic E-state index is -0.630. The van der Waals surface area contributed by atoms with E-state index in [9.17, 15) is 4.79 Å². The van der Waals surface area contributed by atoms with Crippen LogP contribution in [-0.2, 0) is 16.1 Å². The predicted octanol–water partition coefficient (Wildman–Crippen LogP) is 1.73. The molecule has 0 aliphatic rings. The van der Waals surface area contributed by atoms with E-state index in [1.807, 2.05) is 30.3 Å². The van der Waals surface area contributed by atoms with Crippen molar-refractivity contribution in [1.29, 1.82) is 0 Å². The lowest BCUT2D eigenvalue weighted by Crippen LogP contribution is -2.45. The van der Waals surface area contributed by atoms with E-state index in [-0.39, 0.29) is 5.97 Å². The van der Waals surface area contributed by atoms with Gasteiger partial charge in [0.25, 0.3) is 0 Å². The van der Waals surface area contributed by atoms with Crippen LogP contribution < -0.4 is 5.32 Å². The van der Waals surface area contributed by atoms with E-state index in [1.165, 1.54) is 0 Å². The topological polar surface area (TPSA) is 38.3 Å². The fourth-order valence-corrected chi connectivity index (χ4v) is 1.01. The van der Waals surface area contributed by atoms with Gasteiger partial charge in [0.15, 0.2) is 0 Å². The summed E-state index contributed by atoms with van der Waals surface area (Å²) in [7, 11) is 1.74. The molecule has 0 spiro atoms. The van der Waals surface area contributed by atoms with Gasteiger partial charge in [-0.1, -0.05) is 30.3 Å². The summed E-state index contributed by atoms with van der Waals surface area (Å²) in [5, 5.41) is 2.90. The summed E-state index contributed by atoms with van der Waals surface area (Å²) in [5.74, 6) is -0.242. The lowest BCUT2D eigenvalue weighted by molar-refractivity contribution is -0.151. The molecule has 0 heterocycles.